The van der Waals surface area contributed by atoms with Gasteiger partial charge >= 0.3 is 0 Å². The Hall–Kier alpha value is -2.27. The Morgan fingerprint density at radius 1 is 1.17 bits per heavy atom. The first-order valence-corrected chi connectivity index (χ1v) is 7.85. The Morgan fingerprint density at radius 2 is 1.87 bits per heavy atom. The molecule has 5 nitrogen and oxygen atoms in total. The first-order valence-electron chi connectivity index (χ1n) is 7.85. The molecule has 5 heteroatoms. The Bertz CT molecular complexity index is 713. The third-order valence-corrected chi connectivity index (χ3v) is 4.09. The smallest absolute Gasteiger partial charge is 0.289 e. The molecule has 0 radical (unpaired) electrons. The van der Waals surface area contributed by atoms with Crippen LogP contribution in [0.5, 0.6) is 0 Å². The third kappa shape index (κ3) is 3.24. The van der Waals surface area contributed by atoms with E-state index in [1.807, 2.05) is 45.0 Å². The van der Waals surface area contributed by atoms with Gasteiger partial charge in [-0.25, -0.2) is 0 Å². The summed E-state index contributed by atoms with van der Waals surface area (Å²) in [4.78, 5) is 14.4. The van der Waals surface area contributed by atoms with E-state index in [2.05, 4.69) is 0 Å². The summed E-state index contributed by atoms with van der Waals surface area (Å²) in [5.41, 5.74) is 8.54. The predicted molar refractivity (Wildman–Crippen MR) is 89.2 cm³/mol. The molecule has 1 aliphatic rings. The molecule has 0 bridgehead atoms. The van der Waals surface area contributed by atoms with Gasteiger partial charge in [0.15, 0.2) is 5.76 Å². The van der Waals surface area contributed by atoms with E-state index in [4.69, 9.17) is 14.9 Å². The molecule has 0 spiro atoms. The fraction of sp³-hybridized carbons (Fsp3) is 0.389. The van der Waals surface area contributed by atoms with Gasteiger partial charge in [-0.15, -0.1) is 0 Å². The Balaban J connectivity index is 1.81. The number of carbonyl (C=O) groups excluding carboxylic acids is 1. The number of aryl methyl sites for hydroxylation is 1. The molecule has 0 aliphatic carbocycles. The number of hydrogen-bond acceptors (Lipinski definition) is 4. The van der Waals surface area contributed by atoms with Crippen LogP contribution in [0.15, 0.2) is 34.7 Å². The topological polar surface area (TPSA) is 68.7 Å². The summed E-state index contributed by atoms with van der Waals surface area (Å²) >= 11 is 0. The summed E-state index contributed by atoms with van der Waals surface area (Å²) in [5.74, 6) is 0.896. The molecule has 2 aromatic rings. The minimum absolute atomic E-state index is 0.0361. The molecule has 2 heterocycles. The molecule has 23 heavy (non-hydrogen) atoms. The lowest BCUT2D eigenvalue weighted by molar-refractivity contribution is -0.0592. The quantitative estimate of drug-likeness (QED) is 0.865. The minimum atomic E-state index is -0.0988. The van der Waals surface area contributed by atoms with Gasteiger partial charge in [-0.3, -0.25) is 4.79 Å². The van der Waals surface area contributed by atoms with Gasteiger partial charge in [0.05, 0.1) is 12.2 Å². The molecule has 0 unspecified atom stereocenters. The van der Waals surface area contributed by atoms with Gasteiger partial charge in [0, 0.05) is 24.3 Å². The molecular formula is C18H22N2O3. The summed E-state index contributed by atoms with van der Waals surface area (Å²) in [6.07, 6.45) is 0.0723. The molecule has 1 amide bonds. The zero-order valence-electron chi connectivity index (χ0n) is 13.7. The van der Waals surface area contributed by atoms with E-state index in [1.54, 1.807) is 11.0 Å². The van der Waals surface area contributed by atoms with Crippen LogP contribution in [0.3, 0.4) is 0 Å². The number of anilines is 1. The Morgan fingerprint density at radius 3 is 2.52 bits per heavy atom. The molecule has 1 saturated heterocycles. The van der Waals surface area contributed by atoms with Gasteiger partial charge in [-0.05, 0) is 44.5 Å². The second-order valence-corrected chi connectivity index (χ2v) is 6.20. The monoisotopic (exact) mass is 314 g/mol. The molecule has 1 aromatic carbocycles. The third-order valence-electron chi connectivity index (χ3n) is 4.09. The van der Waals surface area contributed by atoms with Gasteiger partial charge in [0.25, 0.3) is 5.91 Å². The molecule has 122 valence electrons. The van der Waals surface area contributed by atoms with E-state index >= 15 is 0 Å². The number of carbonyl (C=O) groups is 1. The number of hydrogen-bond donors (Lipinski definition) is 1. The largest absolute Gasteiger partial charge is 0.451 e. The molecule has 1 fully saturated rings. The van der Waals surface area contributed by atoms with Crippen LogP contribution < -0.4 is 5.73 Å². The highest BCUT2D eigenvalue weighted by molar-refractivity contribution is 5.92. The number of nitrogen functional groups attached to an aromatic ring is 1. The number of amides is 1. The number of nitrogens with two attached hydrogens (primary N) is 1. The second-order valence-electron chi connectivity index (χ2n) is 6.20. The maximum absolute atomic E-state index is 12.6. The molecule has 1 aliphatic heterocycles. The normalized spacial score (nSPS) is 21.4. The summed E-state index contributed by atoms with van der Waals surface area (Å²) in [6, 6.07) is 9.28. The van der Waals surface area contributed by atoms with Gasteiger partial charge in [0.2, 0.25) is 0 Å². The number of nitrogens with zero attached hydrogens (tertiary/aromatic N) is 1. The van der Waals surface area contributed by atoms with Crippen molar-refractivity contribution in [3.8, 4) is 11.3 Å². The molecule has 0 saturated carbocycles. The van der Waals surface area contributed by atoms with Crippen molar-refractivity contribution in [3.63, 3.8) is 0 Å². The summed E-state index contributed by atoms with van der Waals surface area (Å²) in [5, 5.41) is 0. The zero-order chi connectivity index (χ0) is 16.6. The van der Waals surface area contributed by atoms with E-state index in [0.717, 1.165) is 11.1 Å². The highest BCUT2D eigenvalue weighted by Gasteiger charge is 2.28. The van der Waals surface area contributed by atoms with Crippen molar-refractivity contribution >= 4 is 11.6 Å². The van der Waals surface area contributed by atoms with Gasteiger partial charge in [-0.2, -0.15) is 0 Å². The number of furan rings is 1. The van der Waals surface area contributed by atoms with Crippen molar-refractivity contribution in [2.45, 2.75) is 33.0 Å². The SMILES string of the molecule is Cc1ccc(-c2ccc(C(=O)N3C[C@H](C)O[C@@H](C)C3)o2)cc1N. The maximum Gasteiger partial charge on any atom is 0.289 e. The number of morpholine rings is 1. The average Bonchev–Trinajstić information content (AvgIpc) is 2.98. The van der Waals surface area contributed by atoms with Crippen LogP contribution in [0.25, 0.3) is 11.3 Å². The lowest BCUT2D eigenvalue weighted by atomic mass is 10.1. The van der Waals surface area contributed by atoms with Gasteiger partial charge in [-0.1, -0.05) is 12.1 Å². The molecule has 2 N–H and O–H groups in total. The number of rotatable bonds is 2. The van der Waals surface area contributed by atoms with Crippen LogP contribution in [0, 0.1) is 6.92 Å². The Kier molecular flexibility index (Phi) is 4.13. The van der Waals surface area contributed by atoms with Crippen LogP contribution in [-0.4, -0.2) is 36.1 Å². The van der Waals surface area contributed by atoms with Gasteiger partial charge in [0.1, 0.15) is 5.76 Å². The number of benzene rings is 1. The van der Waals surface area contributed by atoms with Crippen LogP contribution >= 0.6 is 0 Å². The number of ether oxygens (including phenoxy) is 1. The highest BCUT2D eigenvalue weighted by Crippen LogP contribution is 2.26. The molecule has 2 atom stereocenters. The maximum atomic E-state index is 12.6. The summed E-state index contributed by atoms with van der Waals surface area (Å²) < 4.78 is 11.4. The first-order chi connectivity index (χ1) is 10.9. The van der Waals surface area contributed by atoms with Crippen molar-refractivity contribution in [1.29, 1.82) is 0 Å². The van der Waals surface area contributed by atoms with E-state index in [1.165, 1.54) is 0 Å². The van der Waals surface area contributed by atoms with E-state index < -0.39 is 0 Å². The van der Waals surface area contributed by atoms with Crippen molar-refractivity contribution in [2.75, 3.05) is 18.8 Å². The van der Waals surface area contributed by atoms with Crippen molar-refractivity contribution in [2.24, 2.45) is 0 Å². The molecule has 1 aromatic heterocycles. The average molecular weight is 314 g/mol. The molecular weight excluding hydrogens is 292 g/mol. The minimum Gasteiger partial charge on any atom is -0.451 e. The van der Waals surface area contributed by atoms with Crippen LogP contribution in [0.2, 0.25) is 0 Å². The van der Waals surface area contributed by atoms with Gasteiger partial charge < -0.3 is 19.8 Å². The fourth-order valence-electron chi connectivity index (χ4n) is 2.90. The lowest BCUT2D eigenvalue weighted by Gasteiger charge is -2.34. The van der Waals surface area contributed by atoms with E-state index in [0.29, 0.717) is 30.3 Å². The fourth-order valence-corrected chi connectivity index (χ4v) is 2.90. The lowest BCUT2D eigenvalue weighted by Crippen LogP contribution is -2.48. The molecule has 3 rings (SSSR count). The van der Waals surface area contributed by atoms with Crippen LogP contribution in [-0.2, 0) is 4.74 Å². The Labute approximate surface area is 136 Å². The van der Waals surface area contributed by atoms with Crippen LogP contribution in [0.1, 0.15) is 30.0 Å². The standard InChI is InChI=1S/C18H22N2O3/c1-11-4-5-14(8-15(11)19)16-6-7-17(23-16)18(21)20-9-12(2)22-13(3)10-20/h4-8,12-13H,9-10,19H2,1-3H3/t12-,13-/m0/s1. The summed E-state index contributed by atoms with van der Waals surface area (Å²) in [7, 11) is 0. The first kappa shape index (κ1) is 15.6. The van der Waals surface area contributed by atoms with Crippen molar-refractivity contribution in [1.82, 2.24) is 4.90 Å². The highest BCUT2D eigenvalue weighted by atomic mass is 16.5. The van der Waals surface area contributed by atoms with E-state index in [-0.39, 0.29) is 18.1 Å². The van der Waals surface area contributed by atoms with Crippen molar-refractivity contribution < 1.29 is 13.9 Å². The van der Waals surface area contributed by atoms with Crippen LogP contribution in [0.4, 0.5) is 5.69 Å². The second kappa shape index (κ2) is 6.08. The van der Waals surface area contributed by atoms with Crippen molar-refractivity contribution in [3.05, 3.63) is 41.7 Å². The predicted octanol–water partition coefficient (Wildman–Crippen LogP) is 3.09. The zero-order valence-corrected chi connectivity index (χ0v) is 13.7. The summed E-state index contributed by atoms with van der Waals surface area (Å²) in [6.45, 7) is 7.06. The van der Waals surface area contributed by atoms with E-state index in [9.17, 15) is 4.79 Å².